The molecule has 0 aliphatic carbocycles. The van der Waals surface area contributed by atoms with Crippen molar-refractivity contribution in [1.29, 1.82) is 0 Å². The van der Waals surface area contributed by atoms with Crippen molar-refractivity contribution in [3.63, 3.8) is 0 Å². The Morgan fingerprint density at radius 3 is 2.83 bits per heavy atom. The minimum absolute atomic E-state index is 0.0799. The standard InChI is InChI=1S/C14H18BrNO2/c1-9-8-16(6-5-14(9)18)13-7-11(15)3-4-12(13)10(2)17/h3-4,7,9,14,18H,5-6,8H2,1-2H3. The molecule has 1 N–H and O–H groups in total. The van der Waals surface area contributed by atoms with Gasteiger partial charge in [0.15, 0.2) is 5.78 Å². The highest BCUT2D eigenvalue weighted by atomic mass is 79.9. The van der Waals surface area contributed by atoms with E-state index in [-0.39, 0.29) is 17.8 Å². The number of carbonyl (C=O) groups is 1. The number of carbonyl (C=O) groups excluding carboxylic acids is 1. The van der Waals surface area contributed by atoms with Gasteiger partial charge in [0, 0.05) is 28.8 Å². The number of ketones is 1. The van der Waals surface area contributed by atoms with Gasteiger partial charge >= 0.3 is 0 Å². The van der Waals surface area contributed by atoms with Crippen molar-refractivity contribution >= 4 is 27.4 Å². The van der Waals surface area contributed by atoms with Crippen LogP contribution in [0.5, 0.6) is 0 Å². The van der Waals surface area contributed by atoms with Crippen LogP contribution in [-0.4, -0.2) is 30.1 Å². The number of halogens is 1. The number of nitrogens with zero attached hydrogens (tertiary/aromatic N) is 1. The number of rotatable bonds is 2. The molecule has 2 rings (SSSR count). The lowest BCUT2D eigenvalue weighted by Gasteiger charge is -2.36. The third kappa shape index (κ3) is 2.75. The average Bonchev–Trinajstić information content (AvgIpc) is 2.32. The number of hydrogen-bond acceptors (Lipinski definition) is 3. The Morgan fingerprint density at radius 2 is 2.22 bits per heavy atom. The number of aliphatic hydroxyl groups is 1. The second-order valence-corrected chi connectivity index (χ2v) is 5.91. The summed E-state index contributed by atoms with van der Waals surface area (Å²) in [4.78, 5) is 13.9. The quantitative estimate of drug-likeness (QED) is 0.854. The van der Waals surface area contributed by atoms with Crippen molar-refractivity contribution in [1.82, 2.24) is 0 Å². The topological polar surface area (TPSA) is 40.5 Å². The van der Waals surface area contributed by atoms with E-state index >= 15 is 0 Å². The summed E-state index contributed by atoms with van der Waals surface area (Å²) in [6, 6.07) is 5.74. The molecule has 1 aliphatic heterocycles. The molecule has 0 spiro atoms. The summed E-state index contributed by atoms with van der Waals surface area (Å²) in [6.45, 7) is 5.22. The van der Waals surface area contributed by atoms with Crippen LogP contribution in [0.25, 0.3) is 0 Å². The van der Waals surface area contributed by atoms with E-state index in [2.05, 4.69) is 20.8 Å². The lowest BCUT2D eigenvalue weighted by atomic mass is 9.95. The van der Waals surface area contributed by atoms with Crippen LogP contribution in [0.3, 0.4) is 0 Å². The molecule has 0 aromatic heterocycles. The fraction of sp³-hybridized carbons (Fsp3) is 0.500. The number of Topliss-reactive ketones (excluding diaryl/α,β-unsaturated/α-hetero) is 1. The van der Waals surface area contributed by atoms with Gasteiger partial charge in [-0.05, 0) is 37.5 Å². The van der Waals surface area contributed by atoms with Crippen LogP contribution in [0.2, 0.25) is 0 Å². The van der Waals surface area contributed by atoms with E-state index in [1.165, 1.54) is 0 Å². The van der Waals surface area contributed by atoms with E-state index in [4.69, 9.17) is 0 Å². The lowest BCUT2D eigenvalue weighted by Crippen LogP contribution is -2.42. The zero-order chi connectivity index (χ0) is 13.3. The maximum Gasteiger partial charge on any atom is 0.161 e. The van der Waals surface area contributed by atoms with E-state index in [9.17, 15) is 9.90 Å². The number of aliphatic hydroxyl groups excluding tert-OH is 1. The normalized spacial score (nSPS) is 24.1. The molecule has 1 aromatic carbocycles. The zero-order valence-electron chi connectivity index (χ0n) is 10.7. The van der Waals surface area contributed by atoms with Crippen molar-refractivity contribution in [3.05, 3.63) is 28.2 Å². The first-order valence-electron chi connectivity index (χ1n) is 6.22. The van der Waals surface area contributed by atoms with Crippen molar-refractivity contribution in [3.8, 4) is 0 Å². The number of hydrogen-bond donors (Lipinski definition) is 1. The van der Waals surface area contributed by atoms with Crippen LogP contribution in [0.1, 0.15) is 30.6 Å². The molecule has 1 fully saturated rings. The predicted octanol–water partition coefficient (Wildman–Crippen LogP) is 2.86. The van der Waals surface area contributed by atoms with Gasteiger partial charge in [0.1, 0.15) is 0 Å². The van der Waals surface area contributed by atoms with Gasteiger partial charge in [-0.2, -0.15) is 0 Å². The molecule has 3 nitrogen and oxygen atoms in total. The van der Waals surface area contributed by atoms with Crippen molar-refractivity contribution < 1.29 is 9.90 Å². The summed E-state index contributed by atoms with van der Waals surface area (Å²) >= 11 is 3.45. The van der Waals surface area contributed by atoms with Gasteiger partial charge in [-0.3, -0.25) is 4.79 Å². The van der Waals surface area contributed by atoms with Crippen LogP contribution in [0, 0.1) is 5.92 Å². The summed E-state index contributed by atoms with van der Waals surface area (Å²) < 4.78 is 0.973. The molecule has 0 radical (unpaired) electrons. The molecule has 0 amide bonds. The fourth-order valence-electron chi connectivity index (χ4n) is 2.42. The highest BCUT2D eigenvalue weighted by molar-refractivity contribution is 9.10. The predicted molar refractivity (Wildman–Crippen MR) is 76.1 cm³/mol. The van der Waals surface area contributed by atoms with E-state index < -0.39 is 0 Å². The SMILES string of the molecule is CC(=O)c1ccc(Br)cc1N1CCC(O)C(C)C1. The molecule has 18 heavy (non-hydrogen) atoms. The third-order valence-electron chi connectivity index (χ3n) is 3.54. The number of anilines is 1. The second kappa shape index (κ2) is 5.41. The number of piperidine rings is 1. The van der Waals surface area contributed by atoms with E-state index in [0.29, 0.717) is 0 Å². The maximum atomic E-state index is 11.7. The fourth-order valence-corrected chi connectivity index (χ4v) is 2.77. The first kappa shape index (κ1) is 13.6. The summed E-state index contributed by atoms with van der Waals surface area (Å²) in [6.07, 6.45) is 0.527. The lowest BCUT2D eigenvalue weighted by molar-refractivity contribution is 0.0967. The average molecular weight is 312 g/mol. The first-order valence-corrected chi connectivity index (χ1v) is 7.02. The second-order valence-electron chi connectivity index (χ2n) is 5.00. The van der Waals surface area contributed by atoms with E-state index in [1.54, 1.807) is 6.92 Å². The molecule has 0 bridgehead atoms. The summed E-state index contributed by atoms with van der Waals surface area (Å²) in [5.41, 5.74) is 1.72. The zero-order valence-corrected chi connectivity index (χ0v) is 12.3. The van der Waals surface area contributed by atoms with Crippen LogP contribution in [0.15, 0.2) is 22.7 Å². The molecule has 0 saturated carbocycles. The van der Waals surface area contributed by atoms with Crippen molar-refractivity contribution in [2.75, 3.05) is 18.0 Å². The monoisotopic (exact) mass is 311 g/mol. The molecule has 1 saturated heterocycles. The largest absolute Gasteiger partial charge is 0.393 e. The van der Waals surface area contributed by atoms with Gasteiger partial charge < -0.3 is 10.0 Å². The van der Waals surface area contributed by atoms with Gasteiger partial charge in [0.25, 0.3) is 0 Å². The highest BCUT2D eigenvalue weighted by Gasteiger charge is 2.26. The maximum absolute atomic E-state index is 11.7. The molecule has 2 unspecified atom stereocenters. The first-order chi connectivity index (χ1) is 8.49. The van der Waals surface area contributed by atoms with E-state index in [0.717, 1.165) is 35.2 Å². The van der Waals surface area contributed by atoms with Crippen molar-refractivity contribution in [2.24, 2.45) is 5.92 Å². The molecule has 4 heteroatoms. The molecule has 1 heterocycles. The molecular weight excluding hydrogens is 294 g/mol. The van der Waals surface area contributed by atoms with Crippen molar-refractivity contribution in [2.45, 2.75) is 26.4 Å². The van der Waals surface area contributed by atoms with E-state index in [1.807, 2.05) is 25.1 Å². The highest BCUT2D eigenvalue weighted by Crippen LogP contribution is 2.29. The van der Waals surface area contributed by atoms with Crippen LogP contribution < -0.4 is 4.90 Å². The Labute approximate surface area is 116 Å². The molecule has 2 atom stereocenters. The van der Waals surface area contributed by atoms with Crippen LogP contribution in [0.4, 0.5) is 5.69 Å². The Bertz CT molecular complexity index is 461. The molecule has 98 valence electrons. The number of benzene rings is 1. The van der Waals surface area contributed by atoms with Gasteiger partial charge in [-0.25, -0.2) is 0 Å². The minimum atomic E-state index is -0.228. The Hall–Kier alpha value is -0.870. The Kier molecular flexibility index (Phi) is 4.07. The van der Waals surface area contributed by atoms with Gasteiger partial charge in [0.05, 0.1) is 6.10 Å². The minimum Gasteiger partial charge on any atom is -0.393 e. The smallest absolute Gasteiger partial charge is 0.161 e. The Morgan fingerprint density at radius 1 is 1.50 bits per heavy atom. The van der Waals surface area contributed by atoms with Gasteiger partial charge in [-0.15, -0.1) is 0 Å². The van der Waals surface area contributed by atoms with Crippen LogP contribution >= 0.6 is 15.9 Å². The molecular formula is C14H18BrNO2. The summed E-state index contributed by atoms with van der Waals surface area (Å²) in [5.74, 6) is 0.314. The Balaban J connectivity index is 2.32. The summed E-state index contributed by atoms with van der Waals surface area (Å²) in [5, 5.41) is 9.77. The molecule has 1 aromatic rings. The molecule has 1 aliphatic rings. The van der Waals surface area contributed by atoms with Gasteiger partial charge in [0.2, 0.25) is 0 Å². The third-order valence-corrected chi connectivity index (χ3v) is 4.03. The summed E-state index contributed by atoms with van der Waals surface area (Å²) in [7, 11) is 0. The van der Waals surface area contributed by atoms with Gasteiger partial charge in [-0.1, -0.05) is 22.9 Å². The van der Waals surface area contributed by atoms with Crippen LogP contribution in [-0.2, 0) is 0 Å².